The summed E-state index contributed by atoms with van der Waals surface area (Å²) in [7, 11) is 5.29. The SMILES string of the molecule is CCCNCc1cc2c(cc1OC)CCOC2(C)C(F)(F)F.CNC.Cl.Cl.Cl.F. The van der Waals surface area contributed by atoms with E-state index >= 15 is 0 Å². The molecule has 1 aliphatic rings. The second-order valence-electron chi connectivity index (χ2n) is 6.13. The third kappa shape index (κ3) is 9.02. The maximum atomic E-state index is 13.5. The molecule has 0 aromatic heterocycles. The summed E-state index contributed by atoms with van der Waals surface area (Å²) < 4.78 is 50.8. The molecule has 1 aromatic rings. The Kier molecular flexibility index (Phi) is 20.1. The molecule has 0 saturated carbocycles. The summed E-state index contributed by atoms with van der Waals surface area (Å²) in [5.41, 5.74) is -0.704. The molecule has 1 aliphatic heterocycles. The molecule has 4 nitrogen and oxygen atoms in total. The quantitative estimate of drug-likeness (QED) is 0.459. The molecule has 1 aromatic carbocycles. The summed E-state index contributed by atoms with van der Waals surface area (Å²) in [4.78, 5) is 0. The van der Waals surface area contributed by atoms with E-state index in [9.17, 15) is 13.2 Å². The van der Waals surface area contributed by atoms with Gasteiger partial charge in [0.1, 0.15) is 5.75 Å². The van der Waals surface area contributed by atoms with Crippen molar-refractivity contribution in [3.05, 3.63) is 28.8 Å². The number of rotatable bonds is 5. The molecule has 0 aliphatic carbocycles. The first-order valence-electron chi connectivity index (χ1n) is 8.45. The third-order valence-electron chi connectivity index (χ3n) is 4.07. The number of nitrogens with one attached hydrogen (secondary N) is 2. The summed E-state index contributed by atoms with van der Waals surface area (Å²) in [6.07, 6.45) is -3.04. The van der Waals surface area contributed by atoms with Crippen LogP contribution in [0.2, 0.25) is 0 Å². The maximum Gasteiger partial charge on any atom is 0.421 e. The molecule has 1 heterocycles. The second kappa shape index (κ2) is 16.2. The fourth-order valence-electron chi connectivity index (χ4n) is 2.72. The first-order valence-corrected chi connectivity index (χ1v) is 8.45. The molecule has 1 atom stereocenters. The molecule has 29 heavy (non-hydrogen) atoms. The average Bonchev–Trinajstić information content (AvgIpc) is 2.55. The lowest BCUT2D eigenvalue weighted by atomic mass is 9.85. The van der Waals surface area contributed by atoms with Crippen LogP contribution in [0.4, 0.5) is 17.9 Å². The number of hydrogen-bond acceptors (Lipinski definition) is 4. The minimum Gasteiger partial charge on any atom is -0.496 e. The molecular weight excluding hydrogens is 459 g/mol. The first kappa shape index (κ1) is 35.9. The van der Waals surface area contributed by atoms with Crippen LogP contribution in [-0.2, 0) is 23.3 Å². The van der Waals surface area contributed by atoms with E-state index in [0.29, 0.717) is 24.3 Å². The van der Waals surface area contributed by atoms with Gasteiger partial charge >= 0.3 is 6.18 Å². The van der Waals surface area contributed by atoms with Crippen LogP contribution in [0, 0.1) is 0 Å². The number of halogens is 7. The highest BCUT2D eigenvalue weighted by atomic mass is 35.5. The van der Waals surface area contributed by atoms with E-state index in [0.717, 1.165) is 25.5 Å². The fraction of sp³-hybridized carbons (Fsp3) is 0.667. The zero-order valence-corrected chi connectivity index (χ0v) is 19.7. The third-order valence-corrected chi connectivity index (χ3v) is 4.07. The topological polar surface area (TPSA) is 42.5 Å². The molecule has 2 N–H and O–H groups in total. The Labute approximate surface area is 189 Å². The minimum absolute atomic E-state index is 0. The number of ether oxygens (including phenoxy) is 2. The van der Waals surface area contributed by atoms with Gasteiger partial charge in [-0.1, -0.05) is 6.92 Å². The van der Waals surface area contributed by atoms with Crippen molar-refractivity contribution >= 4 is 37.2 Å². The van der Waals surface area contributed by atoms with Crippen molar-refractivity contribution in [2.24, 2.45) is 0 Å². The predicted molar refractivity (Wildman–Crippen MR) is 117 cm³/mol. The van der Waals surface area contributed by atoms with Gasteiger partial charge in [-0.15, -0.1) is 37.2 Å². The Hall–Kier alpha value is -0.510. The van der Waals surface area contributed by atoms with E-state index in [2.05, 4.69) is 10.6 Å². The number of alkyl halides is 3. The van der Waals surface area contributed by atoms with Crippen LogP contribution in [0.5, 0.6) is 5.75 Å². The largest absolute Gasteiger partial charge is 0.496 e. The molecule has 0 spiro atoms. The summed E-state index contributed by atoms with van der Waals surface area (Å²) in [6, 6.07) is 3.29. The van der Waals surface area contributed by atoms with Crippen LogP contribution < -0.4 is 15.4 Å². The van der Waals surface area contributed by atoms with Gasteiger partial charge in [0.15, 0.2) is 5.60 Å². The van der Waals surface area contributed by atoms with Gasteiger partial charge in [0.25, 0.3) is 0 Å². The lowest BCUT2D eigenvalue weighted by Crippen LogP contribution is -2.45. The summed E-state index contributed by atoms with van der Waals surface area (Å²) in [6.45, 7) is 4.46. The highest BCUT2D eigenvalue weighted by Crippen LogP contribution is 2.46. The van der Waals surface area contributed by atoms with Gasteiger partial charge in [-0.3, -0.25) is 4.70 Å². The van der Waals surface area contributed by atoms with Gasteiger partial charge in [-0.25, -0.2) is 0 Å². The maximum absolute atomic E-state index is 13.5. The Morgan fingerprint density at radius 3 is 2.17 bits per heavy atom. The van der Waals surface area contributed by atoms with Crippen LogP contribution in [-0.4, -0.2) is 40.5 Å². The van der Waals surface area contributed by atoms with Crippen molar-refractivity contribution < 1.29 is 27.3 Å². The van der Waals surface area contributed by atoms with E-state index in [1.54, 1.807) is 12.1 Å². The van der Waals surface area contributed by atoms with Crippen molar-refractivity contribution in [3.63, 3.8) is 0 Å². The van der Waals surface area contributed by atoms with Crippen LogP contribution in [0.25, 0.3) is 0 Å². The van der Waals surface area contributed by atoms with E-state index in [-0.39, 0.29) is 54.1 Å². The first-order chi connectivity index (χ1) is 11.7. The van der Waals surface area contributed by atoms with Crippen molar-refractivity contribution in [1.29, 1.82) is 0 Å². The van der Waals surface area contributed by atoms with Gasteiger partial charge in [0, 0.05) is 12.1 Å². The van der Waals surface area contributed by atoms with Gasteiger partial charge in [-0.05, 0) is 63.7 Å². The van der Waals surface area contributed by atoms with Gasteiger partial charge in [-0.2, -0.15) is 13.2 Å². The van der Waals surface area contributed by atoms with Crippen LogP contribution in [0.3, 0.4) is 0 Å². The van der Waals surface area contributed by atoms with E-state index in [1.807, 2.05) is 21.0 Å². The molecule has 0 radical (unpaired) electrons. The number of fused-ring (bicyclic) bond motifs is 1. The van der Waals surface area contributed by atoms with E-state index in [1.165, 1.54) is 7.11 Å². The molecule has 0 bridgehead atoms. The highest BCUT2D eigenvalue weighted by molar-refractivity contribution is 5.86. The molecule has 11 heteroatoms. The summed E-state index contributed by atoms with van der Waals surface area (Å²) >= 11 is 0. The second-order valence-corrected chi connectivity index (χ2v) is 6.13. The van der Waals surface area contributed by atoms with Crippen molar-refractivity contribution in [3.8, 4) is 5.75 Å². The standard InChI is InChI=1S/C16H22F3NO2.C2H7N.3ClH.FH/c1-4-6-20-10-12-8-13-11(9-14(12)21-3)5-7-22-15(13,2)16(17,18)19;1-3-2;;;;/h8-9,20H,4-7,10H2,1-3H3;3H,1-2H3;4*1H. The normalized spacial score (nSPS) is 17.0. The number of methoxy groups -OCH3 is 1. The summed E-state index contributed by atoms with van der Waals surface area (Å²) in [5.74, 6) is 0.619. The lowest BCUT2D eigenvalue weighted by molar-refractivity contribution is -0.281. The molecule has 1 unspecified atom stereocenters. The molecule has 0 fully saturated rings. The number of hydrogen-bond donors (Lipinski definition) is 2. The molecule has 176 valence electrons. The van der Waals surface area contributed by atoms with E-state index in [4.69, 9.17) is 9.47 Å². The smallest absolute Gasteiger partial charge is 0.421 e. The Morgan fingerprint density at radius 1 is 1.17 bits per heavy atom. The van der Waals surface area contributed by atoms with Crippen molar-refractivity contribution in [1.82, 2.24) is 10.6 Å². The van der Waals surface area contributed by atoms with E-state index < -0.39 is 11.8 Å². The molecule has 0 amide bonds. The average molecular weight is 492 g/mol. The van der Waals surface area contributed by atoms with Crippen LogP contribution in [0.15, 0.2) is 12.1 Å². The van der Waals surface area contributed by atoms with Gasteiger partial charge in [0.2, 0.25) is 0 Å². The predicted octanol–water partition coefficient (Wildman–Crippen LogP) is 4.80. The van der Waals surface area contributed by atoms with Crippen molar-refractivity contribution in [2.45, 2.75) is 45.0 Å². The number of benzene rings is 1. The zero-order chi connectivity index (χ0) is 19.1. The molecule has 2 rings (SSSR count). The monoisotopic (exact) mass is 490 g/mol. The minimum atomic E-state index is -4.45. The van der Waals surface area contributed by atoms with Crippen molar-refractivity contribution in [2.75, 3.05) is 34.4 Å². The Morgan fingerprint density at radius 2 is 1.72 bits per heavy atom. The van der Waals surface area contributed by atoms with Crippen LogP contribution in [0.1, 0.15) is 37.0 Å². The van der Waals surface area contributed by atoms with Gasteiger partial charge < -0.3 is 20.1 Å². The summed E-state index contributed by atoms with van der Waals surface area (Å²) in [5, 5.41) is 5.95. The lowest BCUT2D eigenvalue weighted by Gasteiger charge is -2.38. The van der Waals surface area contributed by atoms with Gasteiger partial charge in [0.05, 0.1) is 13.7 Å². The Balaban J connectivity index is -0.000000420. The molecule has 0 saturated heterocycles. The fourth-order valence-corrected chi connectivity index (χ4v) is 2.72. The zero-order valence-electron chi connectivity index (χ0n) is 17.3. The highest BCUT2D eigenvalue weighted by Gasteiger charge is 2.55. The van der Waals surface area contributed by atoms with Crippen LogP contribution >= 0.6 is 37.2 Å². The Bertz CT molecular complexity index is 567. The molecular formula is C18H33Cl3F4N2O2.